The summed E-state index contributed by atoms with van der Waals surface area (Å²) in [6, 6.07) is 3.25. The minimum Gasteiger partial charge on any atom is -0.456 e. The summed E-state index contributed by atoms with van der Waals surface area (Å²) in [7, 11) is 1.67. The number of hydrogen-bond donors (Lipinski definition) is 0. The highest BCUT2D eigenvalue weighted by molar-refractivity contribution is 7.41. The zero-order chi connectivity index (χ0) is 10.4. The maximum atomic E-state index is 10.3. The molecule has 78 valence electrons. The molecule has 0 atom stereocenters. The summed E-state index contributed by atoms with van der Waals surface area (Å²) in [5.74, 6) is 0.844. The fourth-order valence-corrected chi connectivity index (χ4v) is 1.42. The molecule has 0 aliphatic rings. The van der Waals surface area contributed by atoms with Crippen molar-refractivity contribution in [1.82, 2.24) is 0 Å². The van der Waals surface area contributed by atoms with Crippen LogP contribution in [0.15, 0.2) is 16.5 Å². The van der Waals surface area contributed by atoms with E-state index in [4.69, 9.17) is 18.0 Å². The van der Waals surface area contributed by atoms with Gasteiger partial charge in [0.05, 0.1) is 0 Å². The fraction of sp³-hybridized carbons (Fsp3) is 0.375. The highest BCUT2D eigenvalue weighted by atomic mass is 31.2. The molecule has 0 fully saturated rings. The molecule has 1 rings (SSSR count). The van der Waals surface area contributed by atoms with Crippen molar-refractivity contribution in [1.29, 1.82) is 0 Å². The Kier molecular flexibility index (Phi) is 4.76. The highest BCUT2D eigenvalue weighted by Crippen LogP contribution is 2.38. The third kappa shape index (κ3) is 3.20. The van der Waals surface area contributed by atoms with Crippen molar-refractivity contribution in [2.75, 3.05) is 14.2 Å². The molecule has 0 bridgehead atoms. The minimum absolute atomic E-state index is 0.223. The summed E-state index contributed by atoms with van der Waals surface area (Å²) >= 11 is 0. The van der Waals surface area contributed by atoms with E-state index < -0.39 is 8.60 Å². The number of furan rings is 1. The molecule has 1 aromatic heterocycles. The third-order valence-corrected chi connectivity index (χ3v) is 2.35. The lowest BCUT2D eigenvalue weighted by Gasteiger charge is -2.09. The van der Waals surface area contributed by atoms with Crippen molar-refractivity contribution in [2.24, 2.45) is 0 Å². The van der Waals surface area contributed by atoms with Crippen LogP contribution in [0.1, 0.15) is 16.3 Å². The van der Waals surface area contributed by atoms with E-state index in [9.17, 15) is 4.79 Å². The van der Waals surface area contributed by atoms with E-state index in [1.54, 1.807) is 12.1 Å². The summed E-state index contributed by atoms with van der Waals surface area (Å²) in [6.07, 6.45) is 0.638. The average molecular weight is 218 g/mol. The summed E-state index contributed by atoms with van der Waals surface area (Å²) in [5, 5.41) is 0. The van der Waals surface area contributed by atoms with Gasteiger partial charge in [0.2, 0.25) is 0 Å². The molecule has 1 aromatic rings. The number of carbonyl (C=O) groups is 1. The van der Waals surface area contributed by atoms with Gasteiger partial charge in [-0.05, 0) is 12.1 Å². The predicted molar refractivity (Wildman–Crippen MR) is 49.8 cm³/mol. The van der Waals surface area contributed by atoms with Gasteiger partial charge in [-0.3, -0.25) is 4.79 Å². The van der Waals surface area contributed by atoms with Gasteiger partial charge < -0.3 is 18.0 Å². The van der Waals surface area contributed by atoms with Crippen LogP contribution < -0.4 is 0 Å². The van der Waals surface area contributed by atoms with Gasteiger partial charge in [0.25, 0.3) is 0 Å². The Morgan fingerprint density at radius 3 is 2.64 bits per heavy atom. The van der Waals surface area contributed by atoms with Crippen LogP contribution in [0, 0.1) is 0 Å². The first-order chi connectivity index (χ1) is 6.80. The van der Waals surface area contributed by atoms with Crippen LogP contribution >= 0.6 is 8.60 Å². The third-order valence-electron chi connectivity index (χ3n) is 1.41. The highest BCUT2D eigenvalue weighted by Gasteiger charge is 2.09. The van der Waals surface area contributed by atoms with Gasteiger partial charge in [-0.2, -0.15) is 0 Å². The van der Waals surface area contributed by atoms with E-state index in [0.717, 1.165) is 0 Å². The van der Waals surface area contributed by atoms with Gasteiger partial charge in [0.1, 0.15) is 12.4 Å². The molecule has 0 aliphatic carbocycles. The molecule has 0 unspecified atom stereocenters. The molecule has 14 heavy (non-hydrogen) atoms. The van der Waals surface area contributed by atoms with E-state index in [1.165, 1.54) is 14.2 Å². The minimum atomic E-state index is -1.32. The van der Waals surface area contributed by atoms with Crippen LogP contribution in [0.25, 0.3) is 0 Å². The van der Waals surface area contributed by atoms with Crippen LogP contribution in [0.4, 0.5) is 0 Å². The lowest BCUT2D eigenvalue weighted by atomic mass is 10.4. The first-order valence-electron chi connectivity index (χ1n) is 3.85. The second-order valence-electron chi connectivity index (χ2n) is 2.28. The lowest BCUT2D eigenvalue weighted by Crippen LogP contribution is -1.89. The smallest absolute Gasteiger partial charge is 0.332 e. The molecule has 1 heterocycles. The van der Waals surface area contributed by atoms with Crippen molar-refractivity contribution in [2.45, 2.75) is 6.61 Å². The molecular weight excluding hydrogens is 207 g/mol. The predicted octanol–water partition coefficient (Wildman–Crippen LogP) is 2.13. The van der Waals surface area contributed by atoms with Gasteiger partial charge in [0, 0.05) is 14.2 Å². The second kappa shape index (κ2) is 5.88. The second-order valence-corrected chi connectivity index (χ2v) is 3.72. The number of rotatable bonds is 6. The number of hydrogen-bond acceptors (Lipinski definition) is 5. The van der Waals surface area contributed by atoms with Crippen molar-refractivity contribution in [3.8, 4) is 0 Å². The summed E-state index contributed by atoms with van der Waals surface area (Å²) in [6.45, 7) is 0.223. The molecule has 0 aliphatic heterocycles. The van der Waals surface area contributed by atoms with Gasteiger partial charge >= 0.3 is 8.60 Å². The Morgan fingerprint density at radius 1 is 1.43 bits per heavy atom. The molecule has 0 saturated carbocycles. The van der Waals surface area contributed by atoms with E-state index in [0.29, 0.717) is 12.0 Å². The SMILES string of the molecule is COP(OC)OCc1ccc(C=O)o1. The summed E-state index contributed by atoms with van der Waals surface area (Å²) < 4.78 is 20.0. The largest absolute Gasteiger partial charge is 0.456 e. The van der Waals surface area contributed by atoms with Crippen LogP contribution in [-0.2, 0) is 20.2 Å². The zero-order valence-electron chi connectivity index (χ0n) is 7.93. The topological polar surface area (TPSA) is 57.9 Å². The molecule has 6 heteroatoms. The van der Waals surface area contributed by atoms with Crippen molar-refractivity contribution < 1.29 is 22.8 Å². The Bertz CT molecular complexity index is 281. The van der Waals surface area contributed by atoms with Gasteiger partial charge in [-0.1, -0.05) is 0 Å². The molecule has 0 amide bonds. The standard InChI is InChI=1S/C8H11O5P/c1-10-14(11-2)12-6-8-4-3-7(5-9)13-8/h3-5H,6H2,1-2H3. The van der Waals surface area contributed by atoms with Crippen molar-refractivity contribution in [3.05, 3.63) is 23.7 Å². The Morgan fingerprint density at radius 2 is 2.14 bits per heavy atom. The van der Waals surface area contributed by atoms with Crippen molar-refractivity contribution in [3.63, 3.8) is 0 Å². The Hall–Kier alpha value is -0.740. The maximum absolute atomic E-state index is 10.3. The summed E-state index contributed by atoms with van der Waals surface area (Å²) in [5.41, 5.74) is 0. The number of aldehydes is 1. The lowest BCUT2D eigenvalue weighted by molar-refractivity contribution is 0.109. The molecule has 0 spiro atoms. The maximum Gasteiger partial charge on any atom is 0.332 e. The fourth-order valence-electron chi connectivity index (χ4n) is 0.832. The average Bonchev–Trinajstić information content (AvgIpc) is 2.67. The van der Waals surface area contributed by atoms with Crippen LogP contribution in [0.3, 0.4) is 0 Å². The van der Waals surface area contributed by atoms with Gasteiger partial charge in [-0.15, -0.1) is 0 Å². The molecule has 0 radical (unpaired) electrons. The first kappa shape index (κ1) is 11.3. The Balaban J connectivity index is 2.40. The zero-order valence-corrected chi connectivity index (χ0v) is 8.82. The van der Waals surface area contributed by atoms with Crippen LogP contribution in [-0.4, -0.2) is 20.5 Å². The Labute approximate surface area is 82.9 Å². The van der Waals surface area contributed by atoms with E-state index >= 15 is 0 Å². The van der Waals surface area contributed by atoms with E-state index in [1.807, 2.05) is 0 Å². The van der Waals surface area contributed by atoms with E-state index in [-0.39, 0.29) is 12.4 Å². The first-order valence-corrected chi connectivity index (χ1v) is 4.95. The van der Waals surface area contributed by atoms with E-state index in [2.05, 4.69) is 0 Å². The van der Waals surface area contributed by atoms with Gasteiger partial charge in [-0.25, -0.2) is 0 Å². The number of carbonyl (C=O) groups excluding carboxylic acids is 1. The quantitative estimate of drug-likeness (QED) is 0.540. The van der Waals surface area contributed by atoms with Crippen LogP contribution in [0.5, 0.6) is 0 Å². The molecular formula is C8H11O5P. The molecule has 0 aromatic carbocycles. The molecule has 0 saturated heterocycles. The van der Waals surface area contributed by atoms with Gasteiger partial charge in [0.15, 0.2) is 12.0 Å². The molecule has 0 N–H and O–H groups in total. The normalized spacial score (nSPS) is 10.8. The molecule has 5 nitrogen and oxygen atoms in total. The van der Waals surface area contributed by atoms with Crippen LogP contribution in [0.2, 0.25) is 0 Å². The summed E-state index contributed by atoms with van der Waals surface area (Å²) in [4.78, 5) is 10.3. The monoisotopic (exact) mass is 218 g/mol. The van der Waals surface area contributed by atoms with Crippen molar-refractivity contribution >= 4 is 14.9 Å².